The van der Waals surface area contributed by atoms with E-state index in [1.165, 1.54) is 0 Å². The van der Waals surface area contributed by atoms with Crippen molar-refractivity contribution >= 4 is 11.0 Å². The summed E-state index contributed by atoms with van der Waals surface area (Å²) < 4.78 is 31.7. The van der Waals surface area contributed by atoms with Crippen LogP contribution in [0, 0.1) is 0 Å². The van der Waals surface area contributed by atoms with Crippen LogP contribution in [0.25, 0.3) is 22.5 Å². The first-order valence-corrected chi connectivity index (χ1v) is 7.20. The minimum atomic E-state index is -2.77. The predicted molar refractivity (Wildman–Crippen MR) is 81.3 cm³/mol. The van der Waals surface area contributed by atoms with Gasteiger partial charge in [0, 0.05) is 5.56 Å². The largest absolute Gasteiger partial charge is 0.415 e. The molecule has 120 valence electrons. The fourth-order valence-electron chi connectivity index (χ4n) is 2.40. The zero-order valence-electron chi connectivity index (χ0n) is 12.3. The first-order valence-electron chi connectivity index (χ1n) is 7.20. The number of hydrogen-bond acceptors (Lipinski definition) is 5. The highest BCUT2D eigenvalue weighted by Gasteiger charge is 2.16. The number of alkyl halides is 2. The van der Waals surface area contributed by atoms with Gasteiger partial charge >= 0.3 is 6.43 Å². The molecule has 2 aromatic heterocycles. The molecule has 2 aromatic carbocycles. The fraction of sp³-hybridized carbons (Fsp3) is 0.125. The van der Waals surface area contributed by atoms with Gasteiger partial charge in [-0.3, -0.25) is 0 Å². The van der Waals surface area contributed by atoms with E-state index in [1.807, 2.05) is 36.4 Å². The first kappa shape index (κ1) is 14.4. The van der Waals surface area contributed by atoms with Crippen molar-refractivity contribution in [2.75, 3.05) is 0 Å². The van der Waals surface area contributed by atoms with Crippen LogP contribution in [0.5, 0.6) is 0 Å². The third kappa shape index (κ3) is 2.62. The molecule has 0 bridgehead atoms. The minimum absolute atomic E-state index is 0.0723. The van der Waals surface area contributed by atoms with Crippen molar-refractivity contribution in [2.24, 2.45) is 0 Å². The summed E-state index contributed by atoms with van der Waals surface area (Å²) in [6.07, 6.45) is -2.77. The molecule has 0 atom stereocenters. The zero-order valence-corrected chi connectivity index (χ0v) is 12.3. The summed E-state index contributed by atoms with van der Waals surface area (Å²) in [4.78, 5) is 0. The minimum Gasteiger partial charge on any atom is -0.415 e. The van der Waals surface area contributed by atoms with E-state index in [2.05, 4.69) is 20.5 Å². The number of fused-ring (bicyclic) bond motifs is 1. The highest BCUT2D eigenvalue weighted by atomic mass is 19.3. The van der Waals surface area contributed by atoms with E-state index < -0.39 is 12.3 Å². The molecular weight excluding hydrogens is 316 g/mol. The number of halogens is 2. The third-order valence-corrected chi connectivity index (χ3v) is 3.58. The molecule has 0 saturated carbocycles. The van der Waals surface area contributed by atoms with Crippen molar-refractivity contribution in [3.05, 3.63) is 60.0 Å². The predicted octanol–water partition coefficient (Wildman–Crippen LogP) is 3.47. The number of benzene rings is 2. The van der Waals surface area contributed by atoms with Crippen LogP contribution in [0.3, 0.4) is 0 Å². The maximum Gasteiger partial charge on any atom is 0.314 e. The Kier molecular flexibility index (Phi) is 3.49. The maximum absolute atomic E-state index is 12.5. The molecule has 0 unspecified atom stereocenters. The van der Waals surface area contributed by atoms with Gasteiger partial charge in [-0.1, -0.05) is 29.5 Å². The molecule has 0 spiro atoms. The molecule has 8 heteroatoms. The van der Waals surface area contributed by atoms with E-state index in [-0.39, 0.29) is 5.89 Å². The lowest BCUT2D eigenvalue weighted by Gasteiger charge is -2.03. The lowest BCUT2D eigenvalue weighted by Crippen LogP contribution is -2.01. The standard InChI is InChI=1S/C16H11F2N5O/c17-14(18)16-21-20-15(24-16)11-7-5-10(6-8-11)9-23-13-4-2-1-3-12(13)19-22-23/h1-8,14H,9H2. The number of nitrogens with zero attached hydrogens (tertiary/aromatic N) is 5. The van der Waals surface area contributed by atoms with Gasteiger partial charge in [0.05, 0.1) is 12.1 Å². The molecule has 6 nitrogen and oxygen atoms in total. The van der Waals surface area contributed by atoms with E-state index >= 15 is 0 Å². The molecule has 0 N–H and O–H groups in total. The van der Waals surface area contributed by atoms with Crippen molar-refractivity contribution < 1.29 is 13.2 Å². The number of rotatable bonds is 4. The summed E-state index contributed by atoms with van der Waals surface area (Å²) in [6, 6.07) is 14.9. The average molecular weight is 327 g/mol. The lowest BCUT2D eigenvalue weighted by atomic mass is 10.1. The van der Waals surface area contributed by atoms with Crippen LogP contribution in [0.15, 0.2) is 52.9 Å². The monoisotopic (exact) mass is 327 g/mol. The van der Waals surface area contributed by atoms with Crippen LogP contribution in [-0.2, 0) is 6.54 Å². The van der Waals surface area contributed by atoms with Crippen LogP contribution in [0.4, 0.5) is 8.78 Å². The van der Waals surface area contributed by atoms with Crippen LogP contribution in [-0.4, -0.2) is 25.2 Å². The lowest BCUT2D eigenvalue weighted by molar-refractivity contribution is 0.116. The summed E-state index contributed by atoms with van der Waals surface area (Å²) in [6.45, 7) is 0.549. The maximum atomic E-state index is 12.5. The smallest absolute Gasteiger partial charge is 0.314 e. The quantitative estimate of drug-likeness (QED) is 0.574. The Morgan fingerprint density at radius 1 is 0.958 bits per heavy atom. The molecule has 0 fully saturated rings. The van der Waals surface area contributed by atoms with Crippen LogP contribution >= 0.6 is 0 Å². The van der Waals surface area contributed by atoms with Crippen molar-refractivity contribution in [1.82, 2.24) is 25.2 Å². The summed E-state index contributed by atoms with van der Waals surface area (Å²) in [5.41, 5.74) is 3.35. The van der Waals surface area contributed by atoms with Gasteiger partial charge in [0.2, 0.25) is 5.89 Å². The fourth-order valence-corrected chi connectivity index (χ4v) is 2.40. The molecule has 0 aliphatic heterocycles. The van der Waals surface area contributed by atoms with Gasteiger partial charge in [-0.15, -0.1) is 15.3 Å². The highest BCUT2D eigenvalue weighted by Crippen LogP contribution is 2.23. The second kappa shape index (κ2) is 5.80. The number of para-hydroxylation sites is 1. The SMILES string of the molecule is FC(F)c1nnc(-c2ccc(Cn3nnc4ccccc43)cc2)o1. The van der Waals surface area contributed by atoms with Crippen molar-refractivity contribution in [2.45, 2.75) is 13.0 Å². The van der Waals surface area contributed by atoms with Gasteiger partial charge in [0.15, 0.2) is 0 Å². The van der Waals surface area contributed by atoms with Crippen LogP contribution in [0.2, 0.25) is 0 Å². The first-order chi connectivity index (χ1) is 11.7. The summed E-state index contributed by atoms with van der Waals surface area (Å²) >= 11 is 0. The van der Waals surface area contributed by atoms with Gasteiger partial charge in [-0.2, -0.15) is 8.78 Å². The third-order valence-electron chi connectivity index (χ3n) is 3.58. The Labute approximate surface area is 134 Å². The molecule has 24 heavy (non-hydrogen) atoms. The molecule has 0 amide bonds. The molecule has 0 aliphatic rings. The zero-order chi connectivity index (χ0) is 16.5. The van der Waals surface area contributed by atoms with Crippen LogP contribution < -0.4 is 0 Å². The van der Waals surface area contributed by atoms with E-state index in [0.29, 0.717) is 12.1 Å². The van der Waals surface area contributed by atoms with Crippen molar-refractivity contribution in [1.29, 1.82) is 0 Å². The van der Waals surface area contributed by atoms with Gasteiger partial charge in [0.25, 0.3) is 5.89 Å². The molecule has 0 saturated heterocycles. The average Bonchev–Trinajstić information content (AvgIpc) is 3.24. The Bertz CT molecular complexity index is 977. The molecular formula is C16H11F2N5O. The Morgan fingerprint density at radius 2 is 1.75 bits per heavy atom. The van der Waals surface area contributed by atoms with Gasteiger partial charge in [-0.25, -0.2) is 4.68 Å². The van der Waals surface area contributed by atoms with Crippen LogP contribution in [0.1, 0.15) is 17.9 Å². The van der Waals surface area contributed by atoms with E-state index in [4.69, 9.17) is 4.42 Å². The van der Waals surface area contributed by atoms with Gasteiger partial charge in [0.1, 0.15) is 5.52 Å². The second-order valence-electron chi connectivity index (χ2n) is 5.18. The highest BCUT2D eigenvalue weighted by molar-refractivity contribution is 5.73. The number of hydrogen-bond donors (Lipinski definition) is 0. The molecule has 2 heterocycles. The molecule has 4 rings (SSSR count). The topological polar surface area (TPSA) is 69.6 Å². The second-order valence-corrected chi connectivity index (χ2v) is 5.18. The summed E-state index contributed by atoms with van der Waals surface area (Å²) in [5, 5.41) is 15.2. The van der Waals surface area contributed by atoms with Gasteiger partial charge in [-0.05, 0) is 29.8 Å². The molecule has 4 aromatic rings. The Balaban J connectivity index is 1.57. The molecule has 0 radical (unpaired) electrons. The van der Waals surface area contributed by atoms with Crippen molar-refractivity contribution in [3.8, 4) is 11.5 Å². The normalized spacial score (nSPS) is 11.5. The summed E-state index contributed by atoms with van der Waals surface area (Å²) in [7, 11) is 0. The van der Waals surface area contributed by atoms with E-state index in [1.54, 1.807) is 16.8 Å². The number of aromatic nitrogens is 5. The Hall–Kier alpha value is -3.16. The summed E-state index contributed by atoms with van der Waals surface area (Å²) in [5.74, 6) is -0.605. The van der Waals surface area contributed by atoms with E-state index in [9.17, 15) is 8.78 Å². The van der Waals surface area contributed by atoms with Gasteiger partial charge < -0.3 is 4.42 Å². The molecule has 0 aliphatic carbocycles. The van der Waals surface area contributed by atoms with Crippen molar-refractivity contribution in [3.63, 3.8) is 0 Å². The Morgan fingerprint density at radius 3 is 2.50 bits per heavy atom. The van der Waals surface area contributed by atoms with E-state index in [0.717, 1.165) is 16.6 Å².